The van der Waals surface area contributed by atoms with Gasteiger partial charge in [-0.2, -0.15) is 5.26 Å². The van der Waals surface area contributed by atoms with Crippen molar-refractivity contribution in [3.8, 4) is 6.07 Å². The second kappa shape index (κ2) is 6.66. The number of nitriles is 1. The molecule has 0 bridgehead atoms. The molecule has 0 aliphatic rings. The predicted octanol–water partition coefficient (Wildman–Crippen LogP) is 1.12. The summed E-state index contributed by atoms with van der Waals surface area (Å²) in [6, 6.07) is 10.8. The molecule has 1 aromatic carbocycles. The Morgan fingerprint density at radius 2 is 2.00 bits per heavy atom. The molecule has 0 radical (unpaired) electrons. The second-order valence-electron chi connectivity index (χ2n) is 4.54. The molecule has 0 aliphatic heterocycles. The first kappa shape index (κ1) is 15.6. The zero-order valence-corrected chi connectivity index (χ0v) is 11.7. The van der Waals surface area contributed by atoms with E-state index in [-0.39, 0.29) is 18.7 Å². The van der Waals surface area contributed by atoms with Gasteiger partial charge in [0.25, 0.3) is 0 Å². The Labute approximate surface area is 113 Å². The van der Waals surface area contributed by atoms with Gasteiger partial charge in [-0.15, -0.1) is 0 Å². The first-order valence-electron chi connectivity index (χ1n) is 5.99. The van der Waals surface area contributed by atoms with Crippen molar-refractivity contribution in [1.29, 1.82) is 5.26 Å². The predicted molar refractivity (Wildman–Crippen MR) is 72.6 cm³/mol. The van der Waals surface area contributed by atoms with Crippen LogP contribution in [0, 0.1) is 11.3 Å². The van der Waals surface area contributed by atoms with Crippen LogP contribution < -0.4 is 4.72 Å². The Kier molecular flexibility index (Phi) is 5.48. The maximum Gasteiger partial charge on any atom is 0.211 e. The minimum absolute atomic E-state index is 0.0914. The number of nitrogens with one attached hydrogen (secondary N) is 1. The van der Waals surface area contributed by atoms with E-state index >= 15 is 0 Å². The summed E-state index contributed by atoms with van der Waals surface area (Å²) in [7, 11) is -3.46. The quantitative estimate of drug-likeness (QED) is 0.733. The van der Waals surface area contributed by atoms with Crippen molar-refractivity contribution in [2.75, 3.05) is 12.3 Å². The minimum Gasteiger partial charge on any atom is -0.384 e. The maximum absolute atomic E-state index is 11.7. The van der Waals surface area contributed by atoms with E-state index in [0.29, 0.717) is 12.0 Å². The Morgan fingerprint density at radius 3 is 2.58 bits per heavy atom. The summed E-state index contributed by atoms with van der Waals surface area (Å²) >= 11 is 0. The Bertz CT molecular complexity index is 533. The molecule has 6 heteroatoms. The van der Waals surface area contributed by atoms with E-state index < -0.39 is 15.6 Å². The molecular weight excluding hydrogens is 264 g/mol. The molecule has 0 saturated carbocycles. The van der Waals surface area contributed by atoms with Crippen molar-refractivity contribution in [2.24, 2.45) is 0 Å². The van der Waals surface area contributed by atoms with Crippen LogP contribution in [0.1, 0.15) is 25.3 Å². The number of hydrogen-bond donors (Lipinski definition) is 2. The largest absolute Gasteiger partial charge is 0.384 e. The highest BCUT2D eigenvalue weighted by Gasteiger charge is 2.24. The van der Waals surface area contributed by atoms with Gasteiger partial charge >= 0.3 is 0 Å². The molecule has 0 aliphatic carbocycles. The molecule has 1 atom stereocenters. The highest BCUT2D eigenvalue weighted by molar-refractivity contribution is 7.89. The molecule has 5 nitrogen and oxygen atoms in total. The Hall–Kier alpha value is -1.42. The first-order valence-corrected chi connectivity index (χ1v) is 7.65. The van der Waals surface area contributed by atoms with E-state index in [1.54, 1.807) is 31.2 Å². The summed E-state index contributed by atoms with van der Waals surface area (Å²) in [5, 5.41) is 18.6. The zero-order chi connectivity index (χ0) is 14.4. The Morgan fingerprint density at radius 1 is 1.37 bits per heavy atom. The van der Waals surface area contributed by atoms with Gasteiger partial charge in [-0.3, -0.25) is 0 Å². The average Bonchev–Trinajstić information content (AvgIpc) is 2.38. The van der Waals surface area contributed by atoms with E-state index in [4.69, 9.17) is 5.26 Å². The highest BCUT2D eigenvalue weighted by Crippen LogP contribution is 2.19. The molecule has 0 spiro atoms. The third-order valence-corrected chi connectivity index (χ3v) is 4.14. The van der Waals surface area contributed by atoms with Crippen LogP contribution in [-0.4, -0.2) is 25.8 Å². The number of nitrogens with zero attached hydrogens (tertiary/aromatic N) is 1. The van der Waals surface area contributed by atoms with E-state index in [2.05, 4.69) is 4.72 Å². The topological polar surface area (TPSA) is 90.2 Å². The zero-order valence-electron chi connectivity index (χ0n) is 10.8. The van der Waals surface area contributed by atoms with Gasteiger partial charge in [-0.05, 0) is 18.9 Å². The minimum atomic E-state index is -3.46. The van der Waals surface area contributed by atoms with Gasteiger partial charge in [0, 0.05) is 13.0 Å². The molecule has 1 aromatic rings. The van der Waals surface area contributed by atoms with Gasteiger partial charge in [0.05, 0.1) is 11.8 Å². The summed E-state index contributed by atoms with van der Waals surface area (Å²) in [4.78, 5) is 0. The van der Waals surface area contributed by atoms with Crippen molar-refractivity contribution in [2.45, 2.75) is 25.4 Å². The summed E-state index contributed by atoms with van der Waals surface area (Å²) in [5.74, 6) is -0.106. The molecular formula is C13H18N2O3S. The van der Waals surface area contributed by atoms with Crippen molar-refractivity contribution >= 4 is 10.0 Å². The summed E-state index contributed by atoms with van der Waals surface area (Å²) < 4.78 is 25.7. The van der Waals surface area contributed by atoms with Crippen LogP contribution in [0.15, 0.2) is 30.3 Å². The molecule has 19 heavy (non-hydrogen) atoms. The second-order valence-corrected chi connectivity index (χ2v) is 6.47. The lowest BCUT2D eigenvalue weighted by atomic mass is 9.97. The smallest absolute Gasteiger partial charge is 0.211 e. The number of sulfonamides is 1. The standard InChI is InChI=1S/C13H18N2O3S/c1-13(16,12-7-3-2-4-8-12)11-15-19(17,18)10-6-5-9-14/h2-4,7-8,15-16H,5-6,10-11H2,1H3/t13-/m1/s1. The van der Waals surface area contributed by atoms with E-state index in [9.17, 15) is 13.5 Å². The van der Waals surface area contributed by atoms with Gasteiger partial charge in [0.2, 0.25) is 10.0 Å². The van der Waals surface area contributed by atoms with Crippen molar-refractivity contribution in [3.05, 3.63) is 35.9 Å². The fraction of sp³-hybridized carbons (Fsp3) is 0.462. The molecule has 0 unspecified atom stereocenters. The van der Waals surface area contributed by atoms with Crippen LogP contribution in [-0.2, 0) is 15.6 Å². The molecule has 0 fully saturated rings. The Balaban J connectivity index is 2.58. The van der Waals surface area contributed by atoms with Crippen LogP contribution in [0.3, 0.4) is 0 Å². The summed E-state index contributed by atoms with van der Waals surface area (Å²) in [5.41, 5.74) is -0.612. The van der Waals surface area contributed by atoms with Crippen molar-refractivity contribution in [1.82, 2.24) is 4.72 Å². The molecule has 104 valence electrons. The molecule has 0 heterocycles. The monoisotopic (exact) mass is 282 g/mol. The van der Waals surface area contributed by atoms with Gasteiger partial charge in [0.15, 0.2) is 0 Å². The lowest BCUT2D eigenvalue weighted by Gasteiger charge is -2.24. The fourth-order valence-corrected chi connectivity index (χ4v) is 2.73. The molecule has 0 amide bonds. The van der Waals surface area contributed by atoms with Crippen LogP contribution >= 0.6 is 0 Å². The molecule has 1 rings (SSSR count). The average molecular weight is 282 g/mol. The van der Waals surface area contributed by atoms with Crippen LogP contribution in [0.25, 0.3) is 0 Å². The number of unbranched alkanes of at least 4 members (excludes halogenated alkanes) is 1. The van der Waals surface area contributed by atoms with E-state index in [0.717, 1.165) is 0 Å². The van der Waals surface area contributed by atoms with E-state index in [1.807, 2.05) is 12.1 Å². The third kappa shape index (κ3) is 5.39. The number of aliphatic hydroxyl groups is 1. The summed E-state index contributed by atoms with van der Waals surface area (Å²) in [6.07, 6.45) is 0.495. The number of benzene rings is 1. The molecule has 0 aromatic heterocycles. The third-order valence-electron chi connectivity index (χ3n) is 2.73. The van der Waals surface area contributed by atoms with Crippen LogP contribution in [0.5, 0.6) is 0 Å². The SMILES string of the molecule is C[C@@](O)(CNS(=O)(=O)CCCC#N)c1ccccc1. The maximum atomic E-state index is 11.7. The van der Waals surface area contributed by atoms with Crippen molar-refractivity contribution < 1.29 is 13.5 Å². The van der Waals surface area contributed by atoms with Gasteiger partial charge in [-0.25, -0.2) is 13.1 Å². The lowest BCUT2D eigenvalue weighted by Crippen LogP contribution is -2.39. The summed E-state index contributed by atoms with van der Waals surface area (Å²) in [6.45, 7) is 1.46. The number of hydrogen-bond acceptors (Lipinski definition) is 4. The molecule has 0 saturated heterocycles. The fourth-order valence-electron chi connectivity index (χ4n) is 1.56. The van der Waals surface area contributed by atoms with Crippen molar-refractivity contribution in [3.63, 3.8) is 0 Å². The molecule has 2 N–H and O–H groups in total. The highest BCUT2D eigenvalue weighted by atomic mass is 32.2. The first-order chi connectivity index (χ1) is 8.87. The van der Waals surface area contributed by atoms with Crippen LogP contribution in [0.4, 0.5) is 0 Å². The van der Waals surface area contributed by atoms with Gasteiger partial charge < -0.3 is 5.11 Å². The lowest BCUT2D eigenvalue weighted by molar-refractivity contribution is 0.0627. The van der Waals surface area contributed by atoms with Gasteiger partial charge in [0.1, 0.15) is 5.60 Å². The van der Waals surface area contributed by atoms with Crippen LogP contribution in [0.2, 0.25) is 0 Å². The number of rotatable bonds is 7. The van der Waals surface area contributed by atoms with Gasteiger partial charge in [-0.1, -0.05) is 30.3 Å². The normalized spacial score (nSPS) is 14.6. The van der Waals surface area contributed by atoms with E-state index in [1.165, 1.54) is 0 Å².